The van der Waals surface area contributed by atoms with Crippen molar-refractivity contribution in [2.75, 3.05) is 6.61 Å². The third-order valence-corrected chi connectivity index (χ3v) is 9.21. The molecule has 1 spiro atoms. The molecule has 1 aliphatic heterocycles. The van der Waals surface area contributed by atoms with Crippen molar-refractivity contribution in [1.82, 2.24) is 15.8 Å². The number of esters is 1. The van der Waals surface area contributed by atoms with Gasteiger partial charge in [-0.3, -0.25) is 19.8 Å². The number of ether oxygens (including phenoxy) is 1. The number of hydrogen-bond acceptors (Lipinski definition) is 5. The van der Waals surface area contributed by atoms with Crippen LogP contribution in [0.2, 0.25) is 0 Å². The van der Waals surface area contributed by atoms with E-state index in [1.54, 1.807) is 0 Å². The lowest BCUT2D eigenvalue weighted by atomic mass is 9.49. The van der Waals surface area contributed by atoms with Gasteiger partial charge in [0.25, 0.3) is 11.8 Å². The SMILES string of the molecule is CC1CCC2(CC1)NC(=O)N(NC(=O)COC(=O)C13C[C@H]4C[C@@H](CC(Br)(C4)C1)C3)C2=O. The summed E-state index contributed by atoms with van der Waals surface area (Å²) in [6.45, 7) is 1.63. The van der Waals surface area contributed by atoms with Gasteiger partial charge < -0.3 is 10.1 Å². The molecule has 0 aromatic rings. The largest absolute Gasteiger partial charge is 0.455 e. The molecule has 0 aromatic carbocycles. The highest BCUT2D eigenvalue weighted by Crippen LogP contribution is 2.64. The molecule has 9 heteroatoms. The van der Waals surface area contributed by atoms with E-state index in [-0.39, 0.29) is 10.3 Å². The quantitative estimate of drug-likeness (QED) is 0.354. The fourth-order valence-corrected chi connectivity index (χ4v) is 8.60. The van der Waals surface area contributed by atoms with Crippen molar-refractivity contribution >= 4 is 39.7 Å². The number of alkyl halides is 1. The molecule has 0 radical (unpaired) electrons. The van der Waals surface area contributed by atoms with Gasteiger partial charge in [0, 0.05) is 4.32 Å². The smallest absolute Gasteiger partial charge is 0.344 e. The van der Waals surface area contributed by atoms with Gasteiger partial charge in [-0.2, -0.15) is 5.01 Å². The average Bonchev–Trinajstić information content (AvgIpc) is 2.91. The van der Waals surface area contributed by atoms with Crippen LogP contribution >= 0.6 is 15.9 Å². The Labute approximate surface area is 190 Å². The Bertz CT molecular complexity index is 823. The molecule has 6 aliphatic rings. The zero-order valence-corrected chi connectivity index (χ0v) is 19.5. The monoisotopic (exact) mass is 495 g/mol. The molecule has 5 saturated carbocycles. The van der Waals surface area contributed by atoms with Crippen LogP contribution in [0, 0.1) is 23.2 Å². The van der Waals surface area contributed by atoms with Crippen LogP contribution in [0.15, 0.2) is 0 Å². The number of hydrazine groups is 1. The maximum atomic E-state index is 13.0. The van der Waals surface area contributed by atoms with E-state index in [1.165, 1.54) is 6.42 Å². The van der Waals surface area contributed by atoms with E-state index in [0.29, 0.717) is 30.6 Å². The van der Waals surface area contributed by atoms with Crippen LogP contribution in [0.4, 0.5) is 4.79 Å². The Kier molecular flexibility index (Phi) is 4.92. The molecule has 2 atom stereocenters. The molecule has 2 N–H and O–H groups in total. The molecule has 0 aromatic heterocycles. The number of rotatable bonds is 4. The van der Waals surface area contributed by atoms with Gasteiger partial charge >= 0.3 is 12.0 Å². The Morgan fingerprint density at radius 3 is 2.42 bits per heavy atom. The number of nitrogens with zero attached hydrogens (tertiary/aromatic N) is 1. The van der Waals surface area contributed by atoms with Gasteiger partial charge in [0.05, 0.1) is 5.41 Å². The maximum Gasteiger partial charge on any atom is 0.344 e. The van der Waals surface area contributed by atoms with E-state index >= 15 is 0 Å². The topological polar surface area (TPSA) is 105 Å². The third kappa shape index (κ3) is 3.56. The second-order valence-electron chi connectivity index (χ2n) is 10.8. The molecule has 170 valence electrons. The van der Waals surface area contributed by atoms with Crippen molar-refractivity contribution in [3.8, 4) is 0 Å². The Morgan fingerprint density at radius 2 is 1.81 bits per heavy atom. The van der Waals surface area contributed by atoms with Crippen LogP contribution in [-0.2, 0) is 19.1 Å². The van der Waals surface area contributed by atoms with Gasteiger partial charge in [0.15, 0.2) is 6.61 Å². The summed E-state index contributed by atoms with van der Waals surface area (Å²) in [5, 5.41) is 3.52. The van der Waals surface area contributed by atoms with E-state index in [4.69, 9.17) is 4.74 Å². The predicted molar refractivity (Wildman–Crippen MR) is 114 cm³/mol. The summed E-state index contributed by atoms with van der Waals surface area (Å²) in [5.41, 5.74) is 0.908. The number of carbonyl (C=O) groups is 4. The summed E-state index contributed by atoms with van der Waals surface area (Å²) < 4.78 is 5.44. The summed E-state index contributed by atoms with van der Waals surface area (Å²) in [4.78, 5) is 50.6. The number of urea groups is 1. The van der Waals surface area contributed by atoms with Crippen molar-refractivity contribution in [3.63, 3.8) is 0 Å². The molecular formula is C22H30BrN3O5. The fraction of sp³-hybridized carbons (Fsp3) is 0.818. The minimum absolute atomic E-state index is 0.0181. The van der Waals surface area contributed by atoms with E-state index in [9.17, 15) is 19.2 Å². The van der Waals surface area contributed by atoms with Crippen molar-refractivity contribution in [2.24, 2.45) is 23.2 Å². The van der Waals surface area contributed by atoms with Crippen molar-refractivity contribution in [3.05, 3.63) is 0 Å². The summed E-state index contributed by atoms with van der Waals surface area (Å²) in [6, 6.07) is -0.624. The molecular weight excluding hydrogens is 466 g/mol. The van der Waals surface area contributed by atoms with E-state index < -0.39 is 35.4 Å². The van der Waals surface area contributed by atoms with E-state index in [0.717, 1.165) is 50.0 Å². The Balaban J connectivity index is 1.18. The van der Waals surface area contributed by atoms with Crippen LogP contribution in [0.25, 0.3) is 0 Å². The molecule has 6 rings (SSSR count). The summed E-state index contributed by atoms with van der Waals surface area (Å²) in [5.74, 6) is 0.157. The summed E-state index contributed by atoms with van der Waals surface area (Å²) in [7, 11) is 0. The first-order valence-electron chi connectivity index (χ1n) is 11.4. The van der Waals surface area contributed by atoms with Crippen molar-refractivity contribution < 1.29 is 23.9 Å². The maximum absolute atomic E-state index is 13.0. The summed E-state index contributed by atoms with van der Waals surface area (Å²) >= 11 is 3.88. The minimum atomic E-state index is -0.920. The van der Waals surface area contributed by atoms with Gasteiger partial charge in [-0.15, -0.1) is 0 Å². The number of amides is 4. The van der Waals surface area contributed by atoms with Gasteiger partial charge in [0.1, 0.15) is 5.54 Å². The van der Waals surface area contributed by atoms with Gasteiger partial charge in [-0.1, -0.05) is 22.9 Å². The van der Waals surface area contributed by atoms with Gasteiger partial charge in [-0.05, 0) is 82.0 Å². The lowest BCUT2D eigenvalue weighted by molar-refractivity contribution is -0.171. The standard InChI is InChI=1S/C22H30BrN3O5/c1-13-2-4-22(5-3-13)17(28)26(19(30)24-22)25-16(27)11-31-18(29)20-7-14-6-15(8-20)10-21(23,9-14)12-20/h13-15H,2-12H2,1H3,(H,24,30)(H,25,27)/t13?,14-,15-,20?,21?,22?/m1/s1. The molecule has 8 nitrogen and oxygen atoms in total. The van der Waals surface area contributed by atoms with Crippen molar-refractivity contribution in [1.29, 1.82) is 0 Å². The summed E-state index contributed by atoms with van der Waals surface area (Å²) in [6.07, 6.45) is 8.62. The lowest BCUT2D eigenvalue weighted by Crippen LogP contribution is -2.56. The molecule has 1 saturated heterocycles. The number of carbonyl (C=O) groups excluding carboxylic acids is 4. The second-order valence-corrected chi connectivity index (χ2v) is 12.5. The van der Waals surface area contributed by atoms with Gasteiger partial charge in [0.2, 0.25) is 0 Å². The zero-order chi connectivity index (χ0) is 22.0. The highest BCUT2D eigenvalue weighted by atomic mass is 79.9. The molecule has 0 unspecified atom stereocenters. The lowest BCUT2D eigenvalue weighted by Gasteiger charge is -2.58. The third-order valence-electron chi connectivity index (χ3n) is 8.28. The van der Waals surface area contributed by atoms with Crippen LogP contribution in [0.3, 0.4) is 0 Å². The van der Waals surface area contributed by atoms with Crippen LogP contribution in [0.1, 0.15) is 71.1 Å². The van der Waals surface area contributed by atoms with Crippen LogP contribution < -0.4 is 10.7 Å². The molecule has 6 fully saturated rings. The Morgan fingerprint density at radius 1 is 1.16 bits per heavy atom. The number of hydrogen-bond donors (Lipinski definition) is 2. The van der Waals surface area contributed by atoms with E-state index in [1.807, 2.05) is 0 Å². The normalized spacial score (nSPS) is 43.3. The fourth-order valence-electron chi connectivity index (χ4n) is 7.15. The molecule has 4 amide bonds. The minimum Gasteiger partial charge on any atom is -0.455 e. The van der Waals surface area contributed by atoms with E-state index in [2.05, 4.69) is 33.6 Å². The highest BCUT2D eigenvalue weighted by Gasteiger charge is 2.60. The molecule has 4 bridgehead atoms. The first-order chi connectivity index (χ1) is 14.6. The average molecular weight is 496 g/mol. The number of imide groups is 1. The number of nitrogens with one attached hydrogen (secondary N) is 2. The Hall–Kier alpha value is -1.64. The molecule has 1 heterocycles. The molecule has 5 aliphatic carbocycles. The molecule has 31 heavy (non-hydrogen) atoms. The van der Waals surface area contributed by atoms with Crippen LogP contribution in [0.5, 0.6) is 0 Å². The highest BCUT2D eigenvalue weighted by molar-refractivity contribution is 9.10. The van der Waals surface area contributed by atoms with Gasteiger partial charge in [-0.25, -0.2) is 4.79 Å². The predicted octanol–water partition coefficient (Wildman–Crippen LogP) is 2.80. The first kappa shape index (κ1) is 21.2. The second kappa shape index (κ2) is 7.18. The number of halogens is 1. The first-order valence-corrected chi connectivity index (χ1v) is 12.2. The zero-order valence-electron chi connectivity index (χ0n) is 17.9. The van der Waals surface area contributed by atoms with Crippen molar-refractivity contribution in [2.45, 2.75) is 81.0 Å². The van der Waals surface area contributed by atoms with Crippen LogP contribution in [-0.4, -0.2) is 45.3 Å².